The van der Waals surface area contributed by atoms with Gasteiger partial charge in [0.2, 0.25) is 0 Å². The molecule has 9 heteroatoms. The molecule has 0 amide bonds. The Morgan fingerprint density at radius 2 is 2.06 bits per heavy atom. The lowest BCUT2D eigenvalue weighted by Gasteiger charge is -2.22. The van der Waals surface area contributed by atoms with Gasteiger partial charge in [0, 0.05) is 37.7 Å². The SMILES string of the molecule is CN(C)CC1CCN(Sc2ccc(-n3ncc(NCC4CCCOC4)c(Cl)c3=O)cc2)C1. The van der Waals surface area contributed by atoms with Crippen molar-refractivity contribution in [3.63, 3.8) is 0 Å². The second-order valence-electron chi connectivity index (χ2n) is 8.94. The van der Waals surface area contributed by atoms with Crippen LogP contribution in [-0.4, -0.2) is 72.5 Å². The summed E-state index contributed by atoms with van der Waals surface area (Å²) in [5.74, 6) is 1.15. The summed E-state index contributed by atoms with van der Waals surface area (Å²) in [7, 11) is 4.26. The largest absolute Gasteiger partial charge is 0.382 e. The summed E-state index contributed by atoms with van der Waals surface area (Å²) >= 11 is 8.16. The zero-order valence-corrected chi connectivity index (χ0v) is 20.4. The van der Waals surface area contributed by atoms with Crippen LogP contribution in [0.15, 0.2) is 40.2 Å². The van der Waals surface area contributed by atoms with Crippen molar-refractivity contribution in [3.05, 3.63) is 45.8 Å². The lowest BCUT2D eigenvalue weighted by atomic mass is 10.0. The average Bonchev–Trinajstić information content (AvgIpc) is 3.22. The van der Waals surface area contributed by atoms with Crippen molar-refractivity contribution in [2.45, 2.75) is 24.2 Å². The van der Waals surface area contributed by atoms with Crippen LogP contribution in [-0.2, 0) is 4.74 Å². The maximum atomic E-state index is 12.8. The fourth-order valence-corrected chi connectivity index (χ4v) is 5.54. The second-order valence-corrected chi connectivity index (χ2v) is 10.5. The van der Waals surface area contributed by atoms with Gasteiger partial charge in [0.05, 0.1) is 24.2 Å². The molecular weight excluding hydrogens is 446 g/mol. The van der Waals surface area contributed by atoms with Gasteiger partial charge in [-0.25, -0.2) is 4.31 Å². The molecule has 0 spiro atoms. The van der Waals surface area contributed by atoms with E-state index < -0.39 is 0 Å². The number of hydrogen-bond donors (Lipinski definition) is 1. The molecule has 2 atom stereocenters. The summed E-state index contributed by atoms with van der Waals surface area (Å²) in [4.78, 5) is 16.2. The minimum Gasteiger partial charge on any atom is -0.382 e. The topological polar surface area (TPSA) is 62.6 Å². The summed E-state index contributed by atoms with van der Waals surface area (Å²) in [5.41, 5.74) is 0.968. The van der Waals surface area contributed by atoms with Crippen molar-refractivity contribution in [3.8, 4) is 5.69 Å². The van der Waals surface area contributed by atoms with Gasteiger partial charge in [0.25, 0.3) is 5.56 Å². The van der Waals surface area contributed by atoms with Gasteiger partial charge in [-0.15, -0.1) is 0 Å². The summed E-state index contributed by atoms with van der Waals surface area (Å²) in [6, 6.07) is 7.92. The highest BCUT2D eigenvalue weighted by atomic mass is 35.5. The van der Waals surface area contributed by atoms with Crippen LogP contribution in [0.2, 0.25) is 5.02 Å². The fraction of sp³-hybridized carbons (Fsp3) is 0.565. The smallest absolute Gasteiger partial charge is 0.292 e. The molecule has 2 fully saturated rings. The van der Waals surface area contributed by atoms with Crippen molar-refractivity contribution >= 4 is 29.2 Å². The normalized spacial score (nSPS) is 21.9. The van der Waals surface area contributed by atoms with E-state index in [2.05, 4.69) is 33.7 Å². The predicted octanol–water partition coefficient (Wildman–Crippen LogP) is 3.62. The standard InChI is InChI=1S/C23H32ClN5O2S/c1-27(2)14-18-9-10-28(15-18)32-20-7-5-19(6-8-20)29-23(30)22(24)21(13-26-29)25-12-17-4-3-11-31-16-17/h5-8,13,17-18,25H,3-4,9-12,14-16H2,1-2H3. The van der Waals surface area contributed by atoms with Crippen molar-refractivity contribution in [1.29, 1.82) is 0 Å². The number of hydrogen-bond acceptors (Lipinski definition) is 7. The van der Waals surface area contributed by atoms with Crippen molar-refractivity contribution in [1.82, 2.24) is 19.0 Å². The number of benzene rings is 1. The minimum absolute atomic E-state index is 0.166. The van der Waals surface area contributed by atoms with E-state index in [1.807, 2.05) is 24.3 Å². The molecule has 2 aliphatic heterocycles. The molecule has 2 unspecified atom stereocenters. The van der Waals surface area contributed by atoms with Gasteiger partial charge in [0.1, 0.15) is 5.02 Å². The number of nitrogens with zero attached hydrogens (tertiary/aromatic N) is 4. The van der Waals surface area contributed by atoms with E-state index in [9.17, 15) is 4.79 Å². The lowest BCUT2D eigenvalue weighted by molar-refractivity contribution is 0.0595. The lowest BCUT2D eigenvalue weighted by Crippen LogP contribution is -2.26. The first kappa shape index (κ1) is 23.6. The Labute approximate surface area is 199 Å². The van der Waals surface area contributed by atoms with E-state index >= 15 is 0 Å². The van der Waals surface area contributed by atoms with E-state index in [0.717, 1.165) is 63.0 Å². The Morgan fingerprint density at radius 1 is 1.25 bits per heavy atom. The van der Waals surface area contributed by atoms with Crippen LogP contribution in [0.1, 0.15) is 19.3 Å². The third-order valence-corrected chi connectivity index (χ3v) is 7.38. The summed E-state index contributed by atoms with van der Waals surface area (Å²) in [6.07, 6.45) is 5.05. The van der Waals surface area contributed by atoms with E-state index in [-0.39, 0.29) is 10.6 Å². The van der Waals surface area contributed by atoms with E-state index in [0.29, 0.717) is 17.3 Å². The zero-order valence-electron chi connectivity index (χ0n) is 18.8. The molecule has 2 saturated heterocycles. The van der Waals surface area contributed by atoms with Crippen LogP contribution < -0.4 is 10.9 Å². The Bertz CT molecular complexity index is 946. The Balaban J connectivity index is 1.37. The number of ether oxygens (including phenoxy) is 1. The van der Waals surface area contributed by atoms with Crippen molar-refractivity contribution < 1.29 is 4.74 Å². The first-order valence-electron chi connectivity index (χ1n) is 11.3. The number of aromatic nitrogens is 2. The summed E-state index contributed by atoms with van der Waals surface area (Å²) in [6.45, 7) is 5.63. The fourth-order valence-electron chi connectivity index (χ4n) is 4.31. The van der Waals surface area contributed by atoms with E-state index in [1.165, 1.54) is 11.1 Å². The van der Waals surface area contributed by atoms with Crippen LogP contribution in [0, 0.1) is 11.8 Å². The average molecular weight is 478 g/mol. The van der Waals surface area contributed by atoms with Crippen LogP contribution in [0.25, 0.3) is 5.69 Å². The van der Waals surface area contributed by atoms with Gasteiger partial charge in [-0.05, 0) is 81.4 Å². The van der Waals surface area contributed by atoms with Crippen molar-refractivity contribution in [2.24, 2.45) is 11.8 Å². The quantitative estimate of drug-likeness (QED) is 0.582. The molecule has 0 radical (unpaired) electrons. The van der Waals surface area contributed by atoms with Gasteiger partial charge in [-0.3, -0.25) is 4.79 Å². The molecular formula is C23H32ClN5O2S. The molecule has 7 nitrogen and oxygen atoms in total. The maximum absolute atomic E-state index is 12.8. The highest BCUT2D eigenvalue weighted by molar-refractivity contribution is 7.97. The monoisotopic (exact) mass is 477 g/mol. The molecule has 1 aromatic carbocycles. The molecule has 0 bridgehead atoms. The number of halogens is 1. The van der Waals surface area contributed by atoms with Gasteiger partial charge >= 0.3 is 0 Å². The Kier molecular flexibility index (Phi) is 8.12. The summed E-state index contributed by atoms with van der Waals surface area (Å²) in [5, 5.41) is 7.78. The van der Waals surface area contributed by atoms with Gasteiger partial charge < -0.3 is 15.0 Å². The predicted molar refractivity (Wildman–Crippen MR) is 131 cm³/mol. The minimum atomic E-state index is -0.317. The molecule has 1 N–H and O–H groups in total. The maximum Gasteiger partial charge on any atom is 0.292 e. The van der Waals surface area contributed by atoms with Crippen LogP contribution in [0.5, 0.6) is 0 Å². The number of nitrogens with one attached hydrogen (secondary N) is 1. The molecule has 4 rings (SSSR count). The zero-order chi connectivity index (χ0) is 22.5. The van der Waals surface area contributed by atoms with E-state index in [4.69, 9.17) is 16.3 Å². The molecule has 3 heterocycles. The highest BCUT2D eigenvalue weighted by Gasteiger charge is 2.23. The summed E-state index contributed by atoms with van der Waals surface area (Å²) < 4.78 is 9.29. The van der Waals surface area contributed by atoms with Crippen LogP contribution in [0.3, 0.4) is 0 Å². The first-order chi connectivity index (χ1) is 15.5. The first-order valence-corrected chi connectivity index (χ1v) is 12.4. The van der Waals surface area contributed by atoms with Gasteiger partial charge in [-0.2, -0.15) is 9.78 Å². The van der Waals surface area contributed by atoms with E-state index in [1.54, 1.807) is 18.1 Å². The Morgan fingerprint density at radius 3 is 2.78 bits per heavy atom. The molecule has 0 aliphatic carbocycles. The third kappa shape index (κ3) is 6.05. The molecule has 0 saturated carbocycles. The Hall–Kier alpha value is -1.58. The van der Waals surface area contributed by atoms with Crippen molar-refractivity contribution in [2.75, 3.05) is 58.8 Å². The van der Waals surface area contributed by atoms with Crippen LogP contribution in [0.4, 0.5) is 5.69 Å². The molecule has 2 aromatic rings. The molecule has 1 aromatic heterocycles. The van der Waals surface area contributed by atoms with Crippen LogP contribution >= 0.6 is 23.5 Å². The molecule has 2 aliphatic rings. The molecule has 32 heavy (non-hydrogen) atoms. The highest BCUT2D eigenvalue weighted by Crippen LogP contribution is 2.30. The number of anilines is 1. The molecule has 174 valence electrons. The van der Waals surface area contributed by atoms with Gasteiger partial charge in [0.15, 0.2) is 0 Å². The number of rotatable bonds is 8. The third-order valence-electron chi connectivity index (χ3n) is 5.94. The second kappa shape index (κ2) is 11.0. The van der Waals surface area contributed by atoms with Gasteiger partial charge in [-0.1, -0.05) is 11.6 Å².